The molecule has 0 radical (unpaired) electrons. The molecule has 110 valence electrons. The Balaban J connectivity index is 2.29. The summed E-state index contributed by atoms with van der Waals surface area (Å²) in [7, 11) is -3.26. The highest BCUT2D eigenvalue weighted by atomic mass is 32.2. The van der Waals surface area contributed by atoms with Crippen molar-refractivity contribution in [2.24, 2.45) is 11.8 Å². The fourth-order valence-corrected chi connectivity index (χ4v) is 3.80. The highest BCUT2D eigenvalue weighted by molar-refractivity contribution is 7.90. The predicted octanol–water partition coefficient (Wildman–Crippen LogP) is 3.49. The van der Waals surface area contributed by atoms with Crippen LogP contribution in [0.4, 0.5) is 0 Å². The van der Waals surface area contributed by atoms with Gasteiger partial charge in [0.2, 0.25) is 0 Å². The quantitative estimate of drug-likeness (QED) is 0.799. The summed E-state index contributed by atoms with van der Waals surface area (Å²) in [4.78, 5) is 12.9. The zero-order valence-corrected chi connectivity index (χ0v) is 12.9. The zero-order valence-electron chi connectivity index (χ0n) is 12.1. The maximum atomic E-state index is 12.7. The Labute approximate surface area is 121 Å². The van der Waals surface area contributed by atoms with Crippen LogP contribution in [0, 0.1) is 11.8 Å². The van der Waals surface area contributed by atoms with Crippen LogP contribution in [-0.2, 0) is 9.84 Å². The molecule has 1 saturated carbocycles. The van der Waals surface area contributed by atoms with Crippen LogP contribution in [0.15, 0.2) is 29.2 Å². The maximum absolute atomic E-state index is 12.7. The van der Waals surface area contributed by atoms with E-state index in [1.54, 1.807) is 18.2 Å². The van der Waals surface area contributed by atoms with Gasteiger partial charge in [-0.2, -0.15) is 0 Å². The van der Waals surface area contributed by atoms with Gasteiger partial charge in [0.05, 0.1) is 4.90 Å². The highest BCUT2D eigenvalue weighted by Crippen LogP contribution is 2.34. The standard InChI is InChI=1S/C16H22O3S/c1-3-12-7-4-5-10-15(12)16(17)13-8-6-9-14(11-13)20(2,18)19/h6,8-9,11-12,15H,3-5,7,10H2,1-2H3. The molecule has 1 fully saturated rings. The van der Waals surface area contributed by atoms with Crippen molar-refractivity contribution in [2.45, 2.75) is 43.9 Å². The summed E-state index contributed by atoms with van der Waals surface area (Å²) in [6.45, 7) is 2.13. The summed E-state index contributed by atoms with van der Waals surface area (Å²) in [6, 6.07) is 6.47. The minimum absolute atomic E-state index is 0.0589. The molecule has 1 aromatic carbocycles. The van der Waals surface area contributed by atoms with E-state index in [1.165, 1.54) is 18.7 Å². The number of ketones is 1. The normalized spacial score (nSPS) is 23.5. The topological polar surface area (TPSA) is 51.2 Å². The summed E-state index contributed by atoms with van der Waals surface area (Å²) >= 11 is 0. The summed E-state index contributed by atoms with van der Waals surface area (Å²) in [6.07, 6.45) is 6.53. The Morgan fingerprint density at radius 1 is 1.25 bits per heavy atom. The van der Waals surface area contributed by atoms with E-state index in [0.29, 0.717) is 11.5 Å². The molecule has 0 aliphatic heterocycles. The number of hydrogen-bond donors (Lipinski definition) is 0. The summed E-state index contributed by atoms with van der Waals surface area (Å²) in [5.74, 6) is 0.615. The number of hydrogen-bond acceptors (Lipinski definition) is 3. The zero-order chi connectivity index (χ0) is 14.8. The van der Waals surface area contributed by atoms with Crippen molar-refractivity contribution < 1.29 is 13.2 Å². The molecule has 0 heterocycles. The third-order valence-electron chi connectivity index (χ3n) is 4.32. The van der Waals surface area contributed by atoms with Gasteiger partial charge in [-0.05, 0) is 30.9 Å². The average molecular weight is 294 g/mol. The van der Waals surface area contributed by atoms with Gasteiger partial charge in [0, 0.05) is 17.7 Å². The van der Waals surface area contributed by atoms with Gasteiger partial charge >= 0.3 is 0 Å². The second-order valence-corrected chi connectivity index (χ2v) is 7.74. The van der Waals surface area contributed by atoms with Gasteiger partial charge in [0.25, 0.3) is 0 Å². The van der Waals surface area contributed by atoms with Gasteiger partial charge in [0.1, 0.15) is 0 Å². The van der Waals surface area contributed by atoms with Gasteiger partial charge in [-0.3, -0.25) is 4.79 Å². The maximum Gasteiger partial charge on any atom is 0.175 e. The minimum Gasteiger partial charge on any atom is -0.294 e. The number of sulfone groups is 1. The number of rotatable bonds is 4. The van der Waals surface area contributed by atoms with Crippen LogP contribution in [0.1, 0.15) is 49.4 Å². The Hall–Kier alpha value is -1.16. The molecule has 2 rings (SSSR count). The second-order valence-electron chi connectivity index (χ2n) is 5.72. The molecule has 1 aromatic rings. The van der Waals surface area contributed by atoms with Crippen molar-refractivity contribution in [1.82, 2.24) is 0 Å². The lowest BCUT2D eigenvalue weighted by molar-refractivity contribution is 0.0820. The van der Waals surface area contributed by atoms with Crippen LogP contribution in [0.2, 0.25) is 0 Å². The van der Waals surface area contributed by atoms with E-state index >= 15 is 0 Å². The van der Waals surface area contributed by atoms with Crippen LogP contribution in [0.5, 0.6) is 0 Å². The lowest BCUT2D eigenvalue weighted by atomic mass is 9.74. The van der Waals surface area contributed by atoms with Crippen molar-refractivity contribution in [3.05, 3.63) is 29.8 Å². The summed E-state index contributed by atoms with van der Waals surface area (Å²) in [5.41, 5.74) is 0.540. The summed E-state index contributed by atoms with van der Waals surface area (Å²) < 4.78 is 23.2. The van der Waals surface area contributed by atoms with E-state index in [4.69, 9.17) is 0 Å². The van der Waals surface area contributed by atoms with Crippen LogP contribution >= 0.6 is 0 Å². The van der Waals surface area contributed by atoms with Crippen molar-refractivity contribution in [3.63, 3.8) is 0 Å². The molecule has 0 N–H and O–H groups in total. The molecule has 1 aliphatic rings. The molecular formula is C16H22O3S. The van der Waals surface area contributed by atoms with Crippen molar-refractivity contribution >= 4 is 15.6 Å². The van der Waals surface area contributed by atoms with Crippen LogP contribution in [0.3, 0.4) is 0 Å². The Morgan fingerprint density at radius 3 is 2.60 bits per heavy atom. The number of carbonyl (C=O) groups excluding carboxylic acids is 1. The molecule has 0 saturated heterocycles. The van der Waals surface area contributed by atoms with Gasteiger partial charge in [0.15, 0.2) is 15.6 Å². The van der Waals surface area contributed by atoms with Gasteiger partial charge in [-0.25, -0.2) is 8.42 Å². The first-order valence-electron chi connectivity index (χ1n) is 7.28. The first kappa shape index (κ1) is 15.2. The third kappa shape index (κ3) is 3.29. The average Bonchev–Trinajstić information content (AvgIpc) is 2.45. The third-order valence-corrected chi connectivity index (χ3v) is 5.43. The molecule has 0 spiro atoms. The molecular weight excluding hydrogens is 272 g/mol. The minimum atomic E-state index is -3.26. The van der Waals surface area contributed by atoms with E-state index < -0.39 is 9.84 Å². The second kappa shape index (κ2) is 6.08. The first-order valence-corrected chi connectivity index (χ1v) is 9.17. The van der Waals surface area contributed by atoms with Crippen LogP contribution in [0.25, 0.3) is 0 Å². The molecule has 20 heavy (non-hydrogen) atoms. The summed E-state index contributed by atoms with van der Waals surface area (Å²) in [5, 5.41) is 0. The van der Waals surface area contributed by atoms with Gasteiger partial charge < -0.3 is 0 Å². The molecule has 0 bridgehead atoms. The molecule has 0 aromatic heterocycles. The number of Topliss-reactive ketones (excluding diaryl/α,β-unsaturated/α-hetero) is 1. The van der Waals surface area contributed by atoms with Crippen LogP contribution < -0.4 is 0 Å². The Morgan fingerprint density at radius 2 is 1.95 bits per heavy atom. The molecule has 2 unspecified atom stereocenters. The first-order chi connectivity index (χ1) is 9.43. The Kier molecular flexibility index (Phi) is 4.63. The van der Waals surface area contributed by atoms with Crippen LogP contribution in [-0.4, -0.2) is 20.5 Å². The molecule has 2 atom stereocenters. The Bertz CT molecular complexity index is 589. The van der Waals surface area contributed by atoms with Crippen molar-refractivity contribution in [2.75, 3.05) is 6.26 Å². The molecule has 3 nitrogen and oxygen atoms in total. The number of benzene rings is 1. The van der Waals surface area contributed by atoms with E-state index in [9.17, 15) is 13.2 Å². The van der Waals surface area contributed by atoms with E-state index in [0.717, 1.165) is 25.7 Å². The fourth-order valence-electron chi connectivity index (χ4n) is 3.14. The van der Waals surface area contributed by atoms with Crippen molar-refractivity contribution in [1.29, 1.82) is 0 Å². The molecule has 4 heteroatoms. The smallest absolute Gasteiger partial charge is 0.175 e. The van der Waals surface area contributed by atoms with E-state index in [-0.39, 0.29) is 16.6 Å². The van der Waals surface area contributed by atoms with E-state index in [2.05, 4.69) is 6.92 Å². The molecule has 1 aliphatic carbocycles. The molecule has 0 amide bonds. The van der Waals surface area contributed by atoms with E-state index in [1.807, 2.05) is 0 Å². The number of carbonyl (C=O) groups is 1. The predicted molar refractivity (Wildman–Crippen MR) is 79.6 cm³/mol. The monoisotopic (exact) mass is 294 g/mol. The van der Waals surface area contributed by atoms with Gasteiger partial charge in [-0.15, -0.1) is 0 Å². The lowest BCUT2D eigenvalue weighted by Crippen LogP contribution is -2.27. The van der Waals surface area contributed by atoms with Gasteiger partial charge in [-0.1, -0.05) is 38.3 Å². The fraction of sp³-hybridized carbons (Fsp3) is 0.562. The lowest BCUT2D eigenvalue weighted by Gasteiger charge is -2.29. The highest BCUT2D eigenvalue weighted by Gasteiger charge is 2.30. The van der Waals surface area contributed by atoms with Crippen molar-refractivity contribution in [3.8, 4) is 0 Å². The SMILES string of the molecule is CCC1CCCCC1C(=O)c1cccc(S(C)(=O)=O)c1. The largest absolute Gasteiger partial charge is 0.294 e.